The van der Waals surface area contributed by atoms with E-state index in [4.69, 9.17) is 33.7 Å². The zero-order chi connectivity index (χ0) is 16.5. The molecular formula is C12H5Cl2F3N4O. The van der Waals surface area contributed by atoms with Gasteiger partial charge in [-0.3, -0.25) is 0 Å². The normalized spacial score (nSPS) is 11.8. The second-order valence-electron chi connectivity index (χ2n) is 4.02. The average Bonchev–Trinajstić information content (AvgIpc) is 2.80. The third-order valence-corrected chi connectivity index (χ3v) is 3.19. The lowest BCUT2D eigenvalue weighted by Gasteiger charge is -2.12. The fraction of sp³-hybridized carbons (Fsp3) is 0.0833. The second-order valence-corrected chi connectivity index (χ2v) is 4.83. The molecule has 10 heteroatoms. The van der Waals surface area contributed by atoms with Crippen LogP contribution in [0, 0.1) is 11.3 Å². The van der Waals surface area contributed by atoms with Crippen molar-refractivity contribution >= 4 is 29.4 Å². The van der Waals surface area contributed by atoms with Crippen LogP contribution in [0.15, 0.2) is 23.5 Å². The molecule has 0 saturated heterocycles. The molecule has 0 spiro atoms. The van der Waals surface area contributed by atoms with Gasteiger partial charge in [0.1, 0.15) is 11.8 Å². The maximum absolute atomic E-state index is 12.7. The maximum Gasteiger partial charge on any atom is 0.416 e. The van der Waals surface area contributed by atoms with Crippen molar-refractivity contribution in [3.05, 3.63) is 45.2 Å². The van der Waals surface area contributed by atoms with E-state index in [0.29, 0.717) is 12.1 Å². The van der Waals surface area contributed by atoms with Gasteiger partial charge in [-0.05, 0) is 12.1 Å². The molecule has 0 fully saturated rings. The summed E-state index contributed by atoms with van der Waals surface area (Å²) in [7, 11) is 0. The summed E-state index contributed by atoms with van der Waals surface area (Å²) in [6.07, 6.45) is -2.39. The Bertz CT molecular complexity index is 770. The Hall–Kier alpha value is -2.24. The first kappa shape index (κ1) is 16.1. The molecule has 0 radical (unpaired) electrons. The maximum atomic E-state index is 12.7. The highest BCUT2D eigenvalue weighted by atomic mass is 35.5. The minimum absolute atomic E-state index is 0.0228. The molecule has 0 amide bonds. The van der Waals surface area contributed by atoms with Crippen molar-refractivity contribution in [2.75, 3.05) is 0 Å². The smallest absolute Gasteiger partial charge is 0.411 e. The van der Waals surface area contributed by atoms with E-state index in [9.17, 15) is 13.2 Å². The standard InChI is InChI=1S/C12H5Cl2F3N4O/c13-8-1-7(12(15,16)17)2-9(14)11(8)21-5-6(4-19-22)10(3-18)20-21/h1-2,4-5,22H/b19-4+. The minimum Gasteiger partial charge on any atom is -0.411 e. The molecule has 2 aromatic rings. The van der Waals surface area contributed by atoms with Gasteiger partial charge in [0.05, 0.1) is 27.4 Å². The van der Waals surface area contributed by atoms with Crippen LogP contribution in [0.25, 0.3) is 5.69 Å². The Kier molecular flexibility index (Phi) is 4.30. The van der Waals surface area contributed by atoms with E-state index in [1.54, 1.807) is 6.07 Å². The number of oxime groups is 1. The molecule has 5 nitrogen and oxygen atoms in total. The van der Waals surface area contributed by atoms with Crippen LogP contribution in [0.1, 0.15) is 16.8 Å². The third-order valence-electron chi connectivity index (χ3n) is 2.62. The van der Waals surface area contributed by atoms with Crippen LogP contribution in [-0.4, -0.2) is 21.2 Å². The van der Waals surface area contributed by atoms with Crippen LogP contribution in [0.2, 0.25) is 10.0 Å². The second kappa shape index (κ2) is 5.87. The first-order valence-corrected chi connectivity index (χ1v) is 6.27. The number of nitriles is 1. The summed E-state index contributed by atoms with van der Waals surface area (Å²) in [5, 5.41) is 23.4. The summed E-state index contributed by atoms with van der Waals surface area (Å²) in [5.41, 5.74) is -0.983. The zero-order valence-electron chi connectivity index (χ0n) is 10.4. The first-order valence-electron chi connectivity index (χ1n) is 5.51. The lowest BCUT2D eigenvalue weighted by atomic mass is 10.2. The molecule has 1 heterocycles. The number of nitrogens with zero attached hydrogens (tertiary/aromatic N) is 4. The van der Waals surface area contributed by atoms with Crippen molar-refractivity contribution in [3.63, 3.8) is 0 Å². The number of halogens is 5. The van der Waals surface area contributed by atoms with Gasteiger partial charge in [0.25, 0.3) is 0 Å². The molecular weight excluding hydrogens is 344 g/mol. The summed E-state index contributed by atoms with van der Waals surface area (Å²) >= 11 is 11.7. The van der Waals surface area contributed by atoms with E-state index < -0.39 is 11.7 Å². The summed E-state index contributed by atoms with van der Waals surface area (Å²) in [5.74, 6) is 0. The number of alkyl halides is 3. The lowest BCUT2D eigenvalue weighted by molar-refractivity contribution is -0.137. The Morgan fingerprint density at radius 2 is 1.91 bits per heavy atom. The Morgan fingerprint density at radius 3 is 2.36 bits per heavy atom. The highest BCUT2D eigenvalue weighted by molar-refractivity contribution is 6.37. The molecule has 0 atom stereocenters. The molecule has 0 aliphatic carbocycles. The highest BCUT2D eigenvalue weighted by Gasteiger charge is 2.32. The van der Waals surface area contributed by atoms with E-state index in [-0.39, 0.29) is 27.0 Å². The van der Waals surface area contributed by atoms with Gasteiger partial charge in [-0.1, -0.05) is 28.4 Å². The predicted molar refractivity (Wildman–Crippen MR) is 72.7 cm³/mol. The van der Waals surface area contributed by atoms with Crippen molar-refractivity contribution < 1.29 is 18.4 Å². The first-order chi connectivity index (χ1) is 10.3. The monoisotopic (exact) mass is 348 g/mol. The predicted octanol–water partition coefficient (Wildman–Crippen LogP) is 3.88. The van der Waals surface area contributed by atoms with E-state index in [1.807, 2.05) is 0 Å². The summed E-state index contributed by atoms with van der Waals surface area (Å²) in [4.78, 5) is 0. The molecule has 0 unspecified atom stereocenters. The fourth-order valence-corrected chi connectivity index (χ4v) is 2.35. The number of rotatable bonds is 2. The average molecular weight is 349 g/mol. The van der Waals surface area contributed by atoms with Crippen LogP contribution < -0.4 is 0 Å². The van der Waals surface area contributed by atoms with Crippen LogP contribution in [0.3, 0.4) is 0 Å². The van der Waals surface area contributed by atoms with Crippen molar-refractivity contribution in [3.8, 4) is 11.8 Å². The Balaban J connectivity index is 2.62. The van der Waals surface area contributed by atoms with Gasteiger partial charge >= 0.3 is 6.18 Å². The zero-order valence-corrected chi connectivity index (χ0v) is 11.9. The SMILES string of the molecule is N#Cc1nn(-c2c(Cl)cc(C(F)(F)F)cc2Cl)cc1/C=N/O. The molecule has 1 aromatic carbocycles. The van der Waals surface area contributed by atoms with Gasteiger partial charge in [0, 0.05) is 6.20 Å². The molecule has 0 bridgehead atoms. The van der Waals surface area contributed by atoms with Gasteiger partial charge in [-0.25, -0.2) is 4.68 Å². The van der Waals surface area contributed by atoms with Gasteiger partial charge in [-0.15, -0.1) is 0 Å². The van der Waals surface area contributed by atoms with Crippen LogP contribution >= 0.6 is 23.2 Å². The largest absolute Gasteiger partial charge is 0.416 e. The summed E-state index contributed by atoms with van der Waals surface area (Å²) in [6, 6.07) is 3.15. The number of aromatic nitrogens is 2. The molecule has 1 N–H and O–H groups in total. The van der Waals surface area contributed by atoms with Crippen molar-refractivity contribution in [1.29, 1.82) is 5.26 Å². The molecule has 1 aromatic heterocycles. The van der Waals surface area contributed by atoms with Gasteiger partial charge < -0.3 is 5.21 Å². The van der Waals surface area contributed by atoms with Crippen LogP contribution in [0.4, 0.5) is 13.2 Å². The number of hydrogen-bond donors (Lipinski definition) is 1. The Labute approximate surface area is 131 Å². The van der Waals surface area contributed by atoms with E-state index in [2.05, 4.69) is 10.3 Å². The minimum atomic E-state index is -4.59. The lowest BCUT2D eigenvalue weighted by Crippen LogP contribution is -2.07. The third kappa shape index (κ3) is 3.00. The van der Waals surface area contributed by atoms with E-state index >= 15 is 0 Å². The summed E-state index contributed by atoms with van der Waals surface area (Å²) < 4.78 is 39.1. The van der Waals surface area contributed by atoms with Gasteiger partial charge in [-0.2, -0.15) is 23.5 Å². The molecule has 0 saturated carbocycles. The fourth-order valence-electron chi connectivity index (χ4n) is 1.69. The van der Waals surface area contributed by atoms with Gasteiger partial charge in [0.15, 0.2) is 5.69 Å². The molecule has 114 valence electrons. The summed E-state index contributed by atoms with van der Waals surface area (Å²) in [6.45, 7) is 0. The van der Waals surface area contributed by atoms with Crippen molar-refractivity contribution in [2.24, 2.45) is 5.16 Å². The van der Waals surface area contributed by atoms with Crippen LogP contribution in [-0.2, 0) is 6.18 Å². The number of hydrogen-bond acceptors (Lipinski definition) is 4. The molecule has 22 heavy (non-hydrogen) atoms. The molecule has 0 aliphatic rings. The van der Waals surface area contributed by atoms with E-state index in [1.165, 1.54) is 6.20 Å². The van der Waals surface area contributed by atoms with Crippen LogP contribution in [0.5, 0.6) is 0 Å². The number of benzene rings is 1. The quantitative estimate of drug-likeness (QED) is 0.508. The highest BCUT2D eigenvalue weighted by Crippen LogP contribution is 2.37. The molecule has 0 aliphatic heterocycles. The van der Waals surface area contributed by atoms with E-state index in [0.717, 1.165) is 10.9 Å². The van der Waals surface area contributed by atoms with Crippen molar-refractivity contribution in [1.82, 2.24) is 9.78 Å². The topological polar surface area (TPSA) is 74.2 Å². The molecule has 2 rings (SSSR count). The van der Waals surface area contributed by atoms with Gasteiger partial charge in [0.2, 0.25) is 0 Å². The Morgan fingerprint density at radius 1 is 1.32 bits per heavy atom. The van der Waals surface area contributed by atoms with Crippen molar-refractivity contribution in [2.45, 2.75) is 6.18 Å².